The fourth-order valence-electron chi connectivity index (χ4n) is 2.10. The summed E-state index contributed by atoms with van der Waals surface area (Å²) in [5.41, 5.74) is 0.210. The monoisotopic (exact) mass is 188 g/mol. The SMILES string of the molecule is CN1CCN(CCCF)C(C)(C)C1. The molecule has 2 nitrogen and oxygen atoms in total. The van der Waals surface area contributed by atoms with Crippen LogP contribution in [0.15, 0.2) is 0 Å². The highest BCUT2D eigenvalue weighted by molar-refractivity contribution is 4.88. The smallest absolute Gasteiger partial charge is 0.0906 e. The fourth-order valence-corrected chi connectivity index (χ4v) is 2.10. The zero-order chi connectivity index (χ0) is 9.90. The summed E-state index contributed by atoms with van der Waals surface area (Å²) in [5, 5.41) is 0. The minimum absolute atomic E-state index is 0.192. The van der Waals surface area contributed by atoms with Gasteiger partial charge in [0.15, 0.2) is 0 Å². The topological polar surface area (TPSA) is 6.48 Å². The van der Waals surface area contributed by atoms with Gasteiger partial charge in [0.1, 0.15) is 0 Å². The van der Waals surface area contributed by atoms with Gasteiger partial charge in [-0.3, -0.25) is 9.29 Å². The van der Waals surface area contributed by atoms with Gasteiger partial charge in [0.05, 0.1) is 6.67 Å². The van der Waals surface area contributed by atoms with E-state index in [-0.39, 0.29) is 12.2 Å². The van der Waals surface area contributed by atoms with Gasteiger partial charge in [-0.2, -0.15) is 0 Å². The van der Waals surface area contributed by atoms with Crippen LogP contribution in [-0.2, 0) is 0 Å². The highest BCUT2D eigenvalue weighted by atomic mass is 19.1. The van der Waals surface area contributed by atoms with Crippen molar-refractivity contribution in [2.75, 3.05) is 39.9 Å². The second kappa shape index (κ2) is 4.38. The summed E-state index contributed by atoms with van der Waals surface area (Å²) < 4.78 is 12.0. The van der Waals surface area contributed by atoms with Crippen molar-refractivity contribution in [1.29, 1.82) is 0 Å². The van der Waals surface area contributed by atoms with Crippen LogP contribution in [0, 0.1) is 0 Å². The van der Waals surface area contributed by atoms with Crippen LogP contribution >= 0.6 is 0 Å². The maximum atomic E-state index is 12.0. The first kappa shape index (κ1) is 10.9. The maximum absolute atomic E-state index is 12.0. The molecular weight excluding hydrogens is 167 g/mol. The molecule has 1 rings (SSSR count). The molecule has 0 N–H and O–H groups in total. The van der Waals surface area contributed by atoms with Crippen LogP contribution < -0.4 is 0 Å². The molecule has 13 heavy (non-hydrogen) atoms. The molecule has 0 atom stereocenters. The number of nitrogens with zero attached hydrogens (tertiary/aromatic N) is 2. The first-order valence-electron chi connectivity index (χ1n) is 5.06. The molecule has 1 saturated heterocycles. The number of likely N-dealkylation sites (N-methyl/N-ethyl adjacent to an activating group) is 1. The molecule has 0 radical (unpaired) electrons. The molecule has 78 valence electrons. The van der Waals surface area contributed by atoms with Crippen LogP contribution in [0.2, 0.25) is 0 Å². The second-order valence-electron chi connectivity index (χ2n) is 4.58. The quantitative estimate of drug-likeness (QED) is 0.660. The number of hydrogen-bond acceptors (Lipinski definition) is 2. The van der Waals surface area contributed by atoms with E-state index in [0.717, 1.165) is 26.2 Å². The molecule has 3 heteroatoms. The molecule has 0 bridgehead atoms. The predicted molar refractivity (Wildman–Crippen MR) is 53.7 cm³/mol. The Morgan fingerprint density at radius 2 is 2.00 bits per heavy atom. The van der Waals surface area contributed by atoms with Crippen molar-refractivity contribution in [3.05, 3.63) is 0 Å². The number of alkyl halides is 1. The first-order chi connectivity index (χ1) is 6.06. The van der Waals surface area contributed by atoms with Crippen LogP contribution in [0.5, 0.6) is 0 Å². The average molecular weight is 188 g/mol. The lowest BCUT2D eigenvalue weighted by Crippen LogP contribution is -2.58. The van der Waals surface area contributed by atoms with Gasteiger partial charge in [-0.15, -0.1) is 0 Å². The Morgan fingerprint density at radius 1 is 1.31 bits per heavy atom. The highest BCUT2D eigenvalue weighted by Gasteiger charge is 2.31. The van der Waals surface area contributed by atoms with Crippen molar-refractivity contribution in [3.8, 4) is 0 Å². The molecule has 0 aromatic heterocycles. The van der Waals surface area contributed by atoms with Crippen molar-refractivity contribution < 1.29 is 4.39 Å². The third-order valence-corrected chi connectivity index (χ3v) is 2.83. The Labute approximate surface area is 80.7 Å². The summed E-state index contributed by atoms with van der Waals surface area (Å²) in [5.74, 6) is 0. The second-order valence-corrected chi connectivity index (χ2v) is 4.58. The molecule has 1 aliphatic rings. The van der Waals surface area contributed by atoms with Crippen LogP contribution in [0.1, 0.15) is 20.3 Å². The van der Waals surface area contributed by atoms with Crippen LogP contribution in [0.25, 0.3) is 0 Å². The third kappa shape index (κ3) is 2.92. The van der Waals surface area contributed by atoms with E-state index in [0.29, 0.717) is 6.42 Å². The molecule has 0 amide bonds. The Balaban J connectivity index is 2.44. The van der Waals surface area contributed by atoms with Crippen molar-refractivity contribution >= 4 is 0 Å². The average Bonchev–Trinajstić information content (AvgIpc) is 2.01. The largest absolute Gasteiger partial charge is 0.303 e. The minimum atomic E-state index is -0.192. The van der Waals surface area contributed by atoms with Gasteiger partial charge in [-0.1, -0.05) is 0 Å². The molecule has 1 fully saturated rings. The molecule has 0 spiro atoms. The molecule has 0 aromatic rings. The number of halogens is 1. The van der Waals surface area contributed by atoms with Crippen LogP contribution in [-0.4, -0.2) is 55.2 Å². The number of hydrogen-bond donors (Lipinski definition) is 0. The molecule has 0 unspecified atom stereocenters. The van der Waals surface area contributed by atoms with E-state index in [1.54, 1.807) is 0 Å². The predicted octanol–water partition coefficient (Wildman–Crippen LogP) is 1.37. The van der Waals surface area contributed by atoms with Gasteiger partial charge >= 0.3 is 0 Å². The van der Waals surface area contributed by atoms with Gasteiger partial charge in [0, 0.05) is 31.7 Å². The maximum Gasteiger partial charge on any atom is 0.0906 e. The highest BCUT2D eigenvalue weighted by Crippen LogP contribution is 2.19. The lowest BCUT2D eigenvalue weighted by atomic mass is 9.99. The molecule has 1 heterocycles. The van der Waals surface area contributed by atoms with E-state index < -0.39 is 0 Å². The van der Waals surface area contributed by atoms with Crippen molar-refractivity contribution in [2.45, 2.75) is 25.8 Å². The Morgan fingerprint density at radius 3 is 2.54 bits per heavy atom. The zero-order valence-corrected chi connectivity index (χ0v) is 9.02. The molecule has 1 aliphatic heterocycles. The Kier molecular flexibility index (Phi) is 3.68. The Hall–Kier alpha value is -0.150. The summed E-state index contributed by atoms with van der Waals surface area (Å²) in [6, 6.07) is 0. The standard InChI is InChI=1S/C10H21FN2/c1-10(2)9-12(3)7-8-13(10)6-4-5-11/h4-9H2,1-3H3. The van der Waals surface area contributed by atoms with Gasteiger partial charge in [0.2, 0.25) is 0 Å². The number of piperazine rings is 1. The van der Waals surface area contributed by atoms with Gasteiger partial charge in [-0.05, 0) is 27.3 Å². The lowest BCUT2D eigenvalue weighted by Gasteiger charge is -2.46. The van der Waals surface area contributed by atoms with E-state index in [4.69, 9.17) is 0 Å². The lowest BCUT2D eigenvalue weighted by molar-refractivity contribution is 0.0298. The van der Waals surface area contributed by atoms with Gasteiger partial charge < -0.3 is 4.90 Å². The molecule has 0 aromatic carbocycles. The van der Waals surface area contributed by atoms with E-state index in [9.17, 15) is 4.39 Å². The van der Waals surface area contributed by atoms with Crippen molar-refractivity contribution in [3.63, 3.8) is 0 Å². The molecular formula is C10H21FN2. The first-order valence-corrected chi connectivity index (χ1v) is 5.06. The molecule has 0 saturated carbocycles. The van der Waals surface area contributed by atoms with E-state index in [1.165, 1.54) is 0 Å². The van der Waals surface area contributed by atoms with Crippen LogP contribution in [0.4, 0.5) is 4.39 Å². The summed E-state index contributed by atoms with van der Waals surface area (Å²) in [6.45, 7) is 8.44. The number of rotatable bonds is 3. The summed E-state index contributed by atoms with van der Waals surface area (Å²) in [6.07, 6.45) is 0.674. The summed E-state index contributed by atoms with van der Waals surface area (Å²) in [4.78, 5) is 4.73. The van der Waals surface area contributed by atoms with Gasteiger partial charge in [-0.25, -0.2) is 0 Å². The Bertz CT molecular complexity index is 157. The van der Waals surface area contributed by atoms with Gasteiger partial charge in [0.25, 0.3) is 0 Å². The van der Waals surface area contributed by atoms with Crippen LogP contribution in [0.3, 0.4) is 0 Å². The minimum Gasteiger partial charge on any atom is -0.303 e. The normalized spacial score (nSPS) is 24.9. The summed E-state index contributed by atoms with van der Waals surface area (Å²) >= 11 is 0. The van der Waals surface area contributed by atoms with Crippen molar-refractivity contribution in [2.24, 2.45) is 0 Å². The molecule has 0 aliphatic carbocycles. The van der Waals surface area contributed by atoms with E-state index >= 15 is 0 Å². The third-order valence-electron chi connectivity index (χ3n) is 2.83. The van der Waals surface area contributed by atoms with Crippen molar-refractivity contribution in [1.82, 2.24) is 9.80 Å². The summed E-state index contributed by atoms with van der Waals surface area (Å²) in [7, 11) is 2.15. The zero-order valence-electron chi connectivity index (χ0n) is 9.02. The van der Waals surface area contributed by atoms with E-state index in [2.05, 4.69) is 30.7 Å². The fraction of sp³-hybridized carbons (Fsp3) is 1.00. The van der Waals surface area contributed by atoms with E-state index in [1.807, 2.05) is 0 Å².